The van der Waals surface area contributed by atoms with E-state index in [9.17, 15) is 14.4 Å². The van der Waals surface area contributed by atoms with E-state index in [1.165, 1.54) is 83.5 Å². The molecular weight excluding hydrogens is 745 g/mol. The van der Waals surface area contributed by atoms with Gasteiger partial charge in [-0.1, -0.05) is 184 Å². The highest BCUT2D eigenvalue weighted by molar-refractivity contribution is 5.71. The summed E-state index contributed by atoms with van der Waals surface area (Å²) in [6.45, 7) is 6.42. The van der Waals surface area contributed by atoms with Crippen LogP contribution in [-0.2, 0) is 28.6 Å². The van der Waals surface area contributed by atoms with Crippen molar-refractivity contribution in [2.45, 2.75) is 239 Å². The zero-order chi connectivity index (χ0) is 43.7. The third kappa shape index (κ3) is 45.9. The van der Waals surface area contributed by atoms with Crippen LogP contribution >= 0.6 is 0 Å². The molecule has 0 aliphatic rings. The first-order valence-electron chi connectivity index (χ1n) is 24.9. The fourth-order valence-electron chi connectivity index (χ4n) is 6.64. The van der Waals surface area contributed by atoms with Crippen LogP contribution in [0.2, 0.25) is 0 Å². The maximum absolute atomic E-state index is 12.7. The Labute approximate surface area is 370 Å². The van der Waals surface area contributed by atoms with Gasteiger partial charge in [0, 0.05) is 19.3 Å². The molecule has 0 fully saturated rings. The molecule has 0 bridgehead atoms. The summed E-state index contributed by atoms with van der Waals surface area (Å²) in [5.74, 6) is -0.943. The van der Waals surface area contributed by atoms with Crippen molar-refractivity contribution in [3.05, 3.63) is 72.9 Å². The summed E-state index contributed by atoms with van der Waals surface area (Å²) in [4.78, 5) is 37.9. The van der Waals surface area contributed by atoms with E-state index in [2.05, 4.69) is 93.7 Å². The van der Waals surface area contributed by atoms with Crippen LogP contribution in [0.1, 0.15) is 233 Å². The van der Waals surface area contributed by atoms with Gasteiger partial charge in [-0.25, -0.2) is 0 Å². The molecule has 0 heterocycles. The molecule has 0 radical (unpaired) electrons. The lowest BCUT2D eigenvalue weighted by Gasteiger charge is -2.18. The lowest BCUT2D eigenvalue weighted by molar-refractivity contribution is -0.167. The maximum atomic E-state index is 12.7. The monoisotopic (exact) mass is 837 g/mol. The average molecular weight is 837 g/mol. The highest BCUT2D eigenvalue weighted by atomic mass is 16.6. The molecule has 0 amide bonds. The van der Waals surface area contributed by atoms with Gasteiger partial charge in [0.2, 0.25) is 0 Å². The molecule has 0 aromatic rings. The Morgan fingerprint density at radius 1 is 0.350 bits per heavy atom. The number of carbonyl (C=O) groups excluding carboxylic acids is 3. The van der Waals surface area contributed by atoms with Gasteiger partial charge in [-0.3, -0.25) is 14.4 Å². The Kier molecular flexibility index (Phi) is 46.0. The number of hydrogen-bond acceptors (Lipinski definition) is 6. The molecule has 0 aliphatic carbocycles. The number of ether oxygens (including phenoxy) is 3. The minimum Gasteiger partial charge on any atom is -0.462 e. The van der Waals surface area contributed by atoms with Crippen LogP contribution in [0.25, 0.3) is 0 Å². The number of unbranched alkanes of at least 4 members (excludes halogenated alkanes) is 21. The van der Waals surface area contributed by atoms with Crippen LogP contribution in [0.3, 0.4) is 0 Å². The summed E-state index contributed by atoms with van der Waals surface area (Å²) in [5.41, 5.74) is 0. The summed E-state index contributed by atoms with van der Waals surface area (Å²) in [5, 5.41) is 0. The summed E-state index contributed by atoms with van der Waals surface area (Å²) in [7, 11) is 0. The van der Waals surface area contributed by atoms with Crippen molar-refractivity contribution in [1.82, 2.24) is 0 Å². The third-order valence-electron chi connectivity index (χ3n) is 10.4. The molecule has 0 saturated heterocycles. The van der Waals surface area contributed by atoms with Gasteiger partial charge in [0.1, 0.15) is 13.2 Å². The number of allylic oxidation sites excluding steroid dienone is 12. The van der Waals surface area contributed by atoms with Gasteiger partial charge in [-0.2, -0.15) is 0 Å². The molecule has 0 aromatic heterocycles. The van der Waals surface area contributed by atoms with Gasteiger partial charge >= 0.3 is 17.9 Å². The number of rotatable bonds is 44. The van der Waals surface area contributed by atoms with E-state index in [1.807, 2.05) is 0 Å². The van der Waals surface area contributed by atoms with Crippen molar-refractivity contribution < 1.29 is 28.6 Å². The smallest absolute Gasteiger partial charge is 0.306 e. The van der Waals surface area contributed by atoms with Gasteiger partial charge < -0.3 is 14.2 Å². The molecule has 0 rings (SSSR count). The first-order chi connectivity index (χ1) is 29.5. The fourth-order valence-corrected chi connectivity index (χ4v) is 6.64. The molecule has 0 N–H and O–H groups in total. The first-order valence-corrected chi connectivity index (χ1v) is 24.9. The zero-order valence-electron chi connectivity index (χ0n) is 39.2. The highest BCUT2D eigenvalue weighted by Gasteiger charge is 2.19. The van der Waals surface area contributed by atoms with Crippen molar-refractivity contribution in [3.63, 3.8) is 0 Å². The maximum Gasteiger partial charge on any atom is 0.306 e. The van der Waals surface area contributed by atoms with Crippen molar-refractivity contribution in [3.8, 4) is 0 Å². The van der Waals surface area contributed by atoms with Crippen LogP contribution < -0.4 is 0 Å². The second kappa shape index (κ2) is 48.5. The van der Waals surface area contributed by atoms with Crippen molar-refractivity contribution >= 4 is 17.9 Å². The number of hydrogen-bond donors (Lipinski definition) is 0. The van der Waals surface area contributed by atoms with E-state index in [4.69, 9.17) is 14.2 Å². The molecule has 0 aromatic carbocycles. The Balaban J connectivity index is 4.40. The van der Waals surface area contributed by atoms with E-state index in [1.54, 1.807) is 0 Å². The Bertz CT molecular complexity index is 1140. The van der Waals surface area contributed by atoms with Gasteiger partial charge in [-0.15, -0.1) is 0 Å². The molecule has 0 spiro atoms. The molecule has 6 heteroatoms. The minimum absolute atomic E-state index is 0.0946. The SMILES string of the molecule is CC/C=C\C/C=C\C/C=C\CCCCCC(=O)OC(COC(=O)CCCCCCC/C=C\CCCC)COC(=O)CCCCCCCCC/C=C\C/C=C\CCCCCC. The molecular formula is C54H92O6. The fraction of sp³-hybridized carbons (Fsp3) is 0.722. The Hall–Kier alpha value is -3.15. The summed E-state index contributed by atoms with van der Waals surface area (Å²) < 4.78 is 16.7. The minimum atomic E-state index is -0.795. The summed E-state index contributed by atoms with van der Waals surface area (Å²) in [6, 6.07) is 0. The summed E-state index contributed by atoms with van der Waals surface area (Å²) >= 11 is 0. The van der Waals surface area contributed by atoms with E-state index >= 15 is 0 Å². The molecule has 0 aliphatic heterocycles. The van der Waals surface area contributed by atoms with Gasteiger partial charge in [-0.05, 0) is 103 Å². The molecule has 344 valence electrons. The van der Waals surface area contributed by atoms with E-state index in [0.29, 0.717) is 12.8 Å². The van der Waals surface area contributed by atoms with Crippen molar-refractivity contribution in [2.24, 2.45) is 0 Å². The molecule has 0 saturated carbocycles. The predicted octanol–water partition coefficient (Wildman–Crippen LogP) is 16.3. The van der Waals surface area contributed by atoms with Gasteiger partial charge in [0.15, 0.2) is 6.10 Å². The van der Waals surface area contributed by atoms with Crippen LogP contribution in [-0.4, -0.2) is 37.2 Å². The van der Waals surface area contributed by atoms with E-state index < -0.39 is 6.10 Å². The second-order valence-corrected chi connectivity index (χ2v) is 16.3. The van der Waals surface area contributed by atoms with Gasteiger partial charge in [0.05, 0.1) is 0 Å². The predicted molar refractivity (Wildman–Crippen MR) is 256 cm³/mol. The van der Waals surface area contributed by atoms with Crippen molar-refractivity contribution in [1.29, 1.82) is 0 Å². The van der Waals surface area contributed by atoms with Crippen molar-refractivity contribution in [2.75, 3.05) is 13.2 Å². The molecule has 1 atom stereocenters. The zero-order valence-corrected chi connectivity index (χ0v) is 39.2. The Morgan fingerprint density at radius 2 is 0.667 bits per heavy atom. The summed E-state index contributed by atoms with van der Waals surface area (Å²) in [6.07, 6.45) is 60.3. The standard InChI is InChI=1S/C54H92O6/c1-4-7-10-13-16-19-22-24-25-26-27-28-30-32-35-38-41-44-47-53(56)59-50-51(49-58-52(55)46-43-40-37-34-31-21-18-15-12-9-6-3)60-54(57)48-45-42-39-36-33-29-23-20-17-14-11-8-5-2/h8,11,15,17-20,22,25-26,29,33,51H,4-7,9-10,12-14,16,21,23-24,27-28,30-32,34-50H2,1-3H3/b11-8-,18-15-,20-17-,22-19-,26-25-,33-29-. The third-order valence-corrected chi connectivity index (χ3v) is 10.4. The lowest BCUT2D eigenvalue weighted by Crippen LogP contribution is -2.30. The normalized spacial score (nSPS) is 12.7. The largest absolute Gasteiger partial charge is 0.462 e. The van der Waals surface area contributed by atoms with Crippen LogP contribution in [0, 0.1) is 0 Å². The Morgan fingerprint density at radius 3 is 1.10 bits per heavy atom. The van der Waals surface area contributed by atoms with Crippen LogP contribution in [0.15, 0.2) is 72.9 Å². The molecule has 60 heavy (non-hydrogen) atoms. The quantitative estimate of drug-likeness (QED) is 0.0263. The number of carbonyl (C=O) groups is 3. The average Bonchev–Trinajstić information content (AvgIpc) is 3.24. The topological polar surface area (TPSA) is 78.9 Å². The van der Waals surface area contributed by atoms with Crippen LogP contribution in [0.5, 0.6) is 0 Å². The second-order valence-electron chi connectivity index (χ2n) is 16.3. The number of esters is 3. The first kappa shape index (κ1) is 56.9. The van der Waals surface area contributed by atoms with E-state index in [-0.39, 0.29) is 37.5 Å². The highest BCUT2D eigenvalue weighted by Crippen LogP contribution is 2.13. The van der Waals surface area contributed by atoms with Crippen LogP contribution in [0.4, 0.5) is 0 Å². The molecule has 6 nitrogen and oxygen atoms in total. The van der Waals surface area contributed by atoms with E-state index in [0.717, 1.165) is 109 Å². The van der Waals surface area contributed by atoms with Gasteiger partial charge in [0.25, 0.3) is 0 Å². The molecule has 1 unspecified atom stereocenters. The lowest BCUT2D eigenvalue weighted by atomic mass is 10.1.